The van der Waals surface area contributed by atoms with Crippen LogP contribution in [0, 0.1) is 47.3 Å². The van der Waals surface area contributed by atoms with E-state index in [1.54, 1.807) is 77.0 Å². The molecule has 8 rings (SSSR count). The van der Waals surface area contributed by atoms with Gasteiger partial charge in [-0.2, -0.15) is 0 Å². The van der Waals surface area contributed by atoms with Crippen LogP contribution >= 0.6 is 0 Å². The molecule has 8 aliphatic carbocycles. The van der Waals surface area contributed by atoms with Crippen LogP contribution < -0.4 is 0 Å². The minimum absolute atomic E-state index is 1.18. The lowest BCUT2D eigenvalue weighted by atomic mass is 9.56. The quantitative estimate of drug-likeness (QED) is 0.384. The predicted molar refractivity (Wildman–Crippen MR) is 129 cm³/mol. The van der Waals surface area contributed by atoms with Gasteiger partial charge < -0.3 is 0 Å². The third kappa shape index (κ3) is 7.05. The molecule has 0 nitrogen and oxygen atoms in total. The molecule has 0 N–H and O–H groups in total. The summed E-state index contributed by atoms with van der Waals surface area (Å²) in [5, 5.41) is 0. The summed E-state index contributed by atoms with van der Waals surface area (Å²) < 4.78 is 0. The van der Waals surface area contributed by atoms with Gasteiger partial charge in [0.1, 0.15) is 0 Å². The van der Waals surface area contributed by atoms with Crippen molar-refractivity contribution in [2.24, 2.45) is 47.3 Å². The third-order valence-electron chi connectivity index (χ3n) is 8.00. The smallest absolute Gasteiger partial charge is 0.0406 e. The fourth-order valence-electron chi connectivity index (χ4n) is 7.97. The molecule has 0 aromatic carbocycles. The first-order valence-electron chi connectivity index (χ1n) is 13.8. The maximum atomic E-state index is 2.00. The van der Waals surface area contributed by atoms with E-state index in [4.69, 9.17) is 0 Å². The molecule has 8 aliphatic rings. The van der Waals surface area contributed by atoms with Crippen LogP contribution in [-0.2, 0) is 0 Å². The molecule has 0 aromatic rings. The zero-order chi connectivity index (χ0) is 21.1. The molecule has 0 amide bonds. The Kier molecular flexibility index (Phi) is 13.1. The van der Waals surface area contributed by atoms with Crippen molar-refractivity contribution in [2.45, 2.75) is 132 Å². The molecule has 0 atom stereocenters. The van der Waals surface area contributed by atoms with Crippen molar-refractivity contribution >= 4 is 0 Å². The maximum Gasteiger partial charge on any atom is -0.0406 e. The van der Waals surface area contributed by atoms with E-state index in [0.717, 1.165) is 0 Å². The topological polar surface area (TPSA) is 0 Å². The Morgan fingerprint density at radius 2 is 0.286 bits per heavy atom. The fraction of sp³-hybridized carbons (Fsp3) is 1.00. The second-order valence-electron chi connectivity index (χ2n) is 9.76. The molecule has 0 saturated heterocycles. The predicted octanol–water partition coefficient (Wildman–Crippen LogP) is 9.77. The first-order valence-corrected chi connectivity index (χ1v) is 13.8. The van der Waals surface area contributed by atoms with E-state index in [9.17, 15) is 0 Å². The van der Waals surface area contributed by atoms with Crippen molar-refractivity contribution in [3.05, 3.63) is 0 Å². The number of rotatable bonds is 0. The van der Waals surface area contributed by atoms with Gasteiger partial charge in [-0.15, -0.1) is 0 Å². The second-order valence-corrected chi connectivity index (χ2v) is 9.76. The highest BCUT2D eigenvalue weighted by molar-refractivity contribution is 4.93. The first kappa shape index (κ1) is 26.0. The van der Waals surface area contributed by atoms with Crippen molar-refractivity contribution < 1.29 is 0 Å². The van der Waals surface area contributed by atoms with Gasteiger partial charge in [-0.05, 0) is 124 Å². The van der Waals surface area contributed by atoms with Gasteiger partial charge in [0.15, 0.2) is 0 Å². The fourth-order valence-corrected chi connectivity index (χ4v) is 7.97. The van der Waals surface area contributed by atoms with Crippen LogP contribution in [0.4, 0.5) is 0 Å². The highest BCUT2D eigenvalue weighted by Crippen LogP contribution is 2.54. The lowest BCUT2D eigenvalue weighted by molar-refractivity contribution is 0.0197. The normalized spacial score (nSPS) is 42.0. The monoisotopic (exact) mass is 392 g/mol. The molecule has 0 heteroatoms. The summed E-state index contributed by atoms with van der Waals surface area (Å²) in [7, 11) is 0. The Labute approximate surface area is 180 Å². The summed E-state index contributed by atoms with van der Waals surface area (Å²) in [4.78, 5) is 0. The highest BCUT2D eigenvalue weighted by Gasteiger charge is 2.42. The molecule has 28 heavy (non-hydrogen) atoms. The van der Waals surface area contributed by atoms with Crippen molar-refractivity contribution in [1.82, 2.24) is 0 Å². The summed E-state index contributed by atoms with van der Waals surface area (Å²) >= 11 is 0. The Bertz CT molecular complexity index is 219. The molecule has 0 radical (unpaired) electrons. The van der Waals surface area contributed by atoms with Gasteiger partial charge >= 0.3 is 0 Å². The Morgan fingerprint density at radius 1 is 0.214 bits per heavy atom. The zero-order valence-corrected chi connectivity index (χ0v) is 21.1. The van der Waals surface area contributed by atoms with Crippen molar-refractivity contribution in [2.75, 3.05) is 0 Å². The van der Waals surface area contributed by atoms with Crippen molar-refractivity contribution in [3.63, 3.8) is 0 Å². The third-order valence-corrected chi connectivity index (χ3v) is 8.00. The van der Waals surface area contributed by atoms with Gasteiger partial charge in [0.2, 0.25) is 0 Å². The summed E-state index contributed by atoms with van der Waals surface area (Å²) in [6, 6.07) is 0. The van der Waals surface area contributed by atoms with E-state index < -0.39 is 0 Å². The van der Waals surface area contributed by atoms with Gasteiger partial charge in [-0.25, -0.2) is 0 Å². The van der Waals surface area contributed by atoms with E-state index in [0.29, 0.717) is 0 Å². The van der Waals surface area contributed by atoms with Crippen LogP contribution in [0.25, 0.3) is 0 Å². The number of hydrogen-bond donors (Lipinski definition) is 0. The zero-order valence-electron chi connectivity index (χ0n) is 21.1. The van der Waals surface area contributed by atoms with E-state index >= 15 is 0 Å². The molecule has 0 heterocycles. The van der Waals surface area contributed by atoms with Crippen LogP contribution in [-0.4, -0.2) is 0 Å². The molecular weight excluding hydrogens is 336 g/mol. The molecule has 0 unspecified atom stereocenters. The van der Waals surface area contributed by atoms with Gasteiger partial charge in [-0.1, -0.05) is 55.4 Å². The van der Waals surface area contributed by atoms with E-state index in [1.807, 2.05) is 55.4 Å². The van der Waals surface area contributed by atoms with Gasteiger partial charge in [0, 0.05) is 0 Å². The minimum Gasteiger partial charge on any atom is -0.0683 e. The summed E-state index contributed by atoms with van der Waals surface area (Å²) in [5.74, 6) is 9.42. The standard InChI is InChI=1S/2C10H16.4C2H6/c2*1-7-2-9-4-8(1)5-10(3-7)6-9;4*1-2/h2*7-10H,1-6H2;4*1-2H3. The first-order chi connectivity index (χ1) is 13.8. The average molecular weight is 393 g/mol. The lowest BCUT2D eigenvalue weighted by Gasteiger charge is -2.49. The summed E-state index contributed by atoms with van der Waals surface area (Å²) in [6.07, 6.45) is 19.2. The summed E-state index contributed by atoms with van der Waals surface area (Å²) in [6.45, 7) is 16.0. The molecule has 8 bridgehead atoms. The Morgan fingerprint density at radius 3 is 0.357 bits per heavy atom. The maximum absolute atomic E-state index is 2.00. The van der Waals surface area contributed by atoms with Crippen LogP contribution in [0.15, 0.2) is 0 Å². The molecule has 8 saturated carbocycles. The SMILES string of the molecule is C1C2CC3CC1CC(C2)C3.C1C2CC3CC1CC(C2)C3.CC.CC.CC.CC. The minimum atomic E-state index is 1.18. The van der Waals surface area contributed by atoms with Gasteiger partial charge in [0.25, 0.3) is 0 Å². The van der Waals surface area contributed by atoms with Crippen LogP contribution in [0.1, 0.15) is 132 Å². The average Bonchev–Trinajstić information content (AvgIpc) is 2.73. The van der Waals surface area contributed by atoms with Crippen LogP contribution in [0.3, 0.4) is 0 Å². The van der Waals surface area contributed by atoms with E-state index in [-0.39, 0.29) is 0 Å². The molecule has 168 valence electrons. The van der Waals surface area contributed by atoms with Crippen LogP contribution in [0.2, 0.25) is 0 Å². The lowest BCUT2D eigenvalue weighted by Crippen LogP contribution is -2.38. The summed E-state index contributed by atoms with van der Waals surface area (Å²) in [5.41, 5.74) is 0. The van der Waals surface area contributed by atoms with Crippen molar-refractivity contribution in [3.8, 4) is 0 Å². The van der Waals surface area contributed by atoms with Crippen molar-refractivity contribution in [1.29, 1.82) is 0 Å². The Balaban J connectivity index is 0.000000208. The molecule has 8 fully saturated rings. The molecule has 0 aromatic heterocycles. The Hall–Kier alpha value is 0. The largest absolute Gasteiger partial charge is 0.0683 e. The van der Waals surface area contributed by atoms with E-state index in [2.05, 4.69) is 0 Å². The van der Waals surface area contributed by atoms with Gasteiger partial charge in [0.05, 0.1) is 0 Å². The van der Waals surface area contributed by atoms with E-state index in [1.165, 1.54) is 47.3 Å². The molecule has 0 aliphatic heterocycles. The second kappa shape index (κ2) is 14.1. The molecular formula is C28H56. The number of hydrogen-bond acceptors (Lipinski definition) is 0. The van der Waals surface area contributed by atoms with Gasteiger partial charge in [-0.3, -0.25) is 0 Å². The van der Waals surface area contributed by atoms with Crippen LogP contribution in [0.5, 0.6) is 0 Å². The molecule has 0 spiro atoms. The highest BCUT2D eigenvalue weighted by atomic mass is 14.5.